The van der Waals surface area contributed by atoms with Crippen molar-refractivity contribution in [3.8, 4) is 0 Å². The fourth-order valence-electron chi connectivity index (χ4n) is 3.10. The van der Waals surface area contributed by atoms with Gasteiger partial charge in [-0.25, -0.2) is 0 Å². The van der Waals surface area contributed by atoms with Gasteiger partial charge in [-0.05, 0) is 46.5 Å². The molecule has 4 heteroatoms. The second-order valence-electron chi connectivity index (χ2n) is 6.72. The molecule has 2 aliphatic rings. The predicted octanol–water partition coefficient (Wildman–Crippen LogP) is 1.38. The van der Waals surface area contributed by atoms with E-state index in [0.29, 0.717) is 18.2 Å². The van der Waals surface area contributed by atoms with E-state index in [2.05, 4.69) is 31.0 Å². The van der Waals surface area contributed by atoms with Crippen LogP contribution in [0, 0.1) is 0 Å². The smallest absolute Gasteiger partial charge is 0.0673 e. The van der Waals surface area contributed by atoms with Crippen LogP contribution in [0.1, 0.15) is 46.5 Å². The quantitative estimate of drug-likeness (QED) is 0.765. The number of ether oxygens (including phenoxy) is 1. The maximum Gasteiger partial charge on any atom is 0.0673 e. The van der Waals surface area contributed by atoms with Crippen molar-refractivity contribution < 1.29 is 9.84 Å². The van der Waals surface area contributed by atoms with Crippen LogP contribution in [-0.2, 0) is 4.74 Å². The van der Waals surface area contributed by atoms with Crippen molar-refractivity contribution in [1.29, 1.82) is 0 Å². The molecule has 4 nitrogen and oxygen atoms in total. The molecule has 1 aliphatic heterocycles. The third-order valence-electron chi connectivity index (χ3n) is 4.33. The molecule has 1 saturated heterocycles. The van der Waals surface area contributed by atoms with E-state index in [0.717, 1.165) is 32.5 Å². The SMILES string of the molecule is CC1CN(C(C)CC(C)(CO)NC2CC2)CCCO1. The minimum absolute atomic E-state index is 0.142. The lowest BCUT2D eigenvalue weighted by Crippen LogP contribution is -2.52. The van der Waals surface area contributed by atoms with Crippen LogP contribution >= 0.6 is 0 Å². The van der Waals surface area contributed by atoms with E-state index in [4.69, 9.17) is 4.74 Å². The Hall–Kier alpha value is -0.160. The Balaban J connectivity index is 1.87. The molecule has 0 bridgehead atoms. The third kappa shape index (κ3) is 4.71. The highest BCUT2D eigenvalue weighted by Crippen LogP contribution is 2.26. The Morgan fingerprint density at radius 2 is 2.21 bits per heavy atom. The van der Waals surface area contributed by atoms with Gasteiger partial charge in [0.1, 0.15) is 0 Å². The lowest BCUT2D eigenvalue weighted by molar-refractivity contribution is 0.0548. The highest BCUT2D eigenvalue weighted by molar-refractivity contribution is 4.94. The Morgan fingerprint density at radius 1 is 1.47 bits per heavy atom. The zero-order chi connectivity index (χ0) is 13.9. The summed E-state index contributed by atoms with van der Waals surface area (Å²) in [5.41, 5.74) is -0.142. The van der Waals surface area contributed by atoms with Crippen LogP contribution < -0.4 is 5.32 Å². The van der Waals surface area contributed by atoms with Crippen molar-refractivity contribution in [2.24, 2.45) is 0 Å². The van der Waals surface area contributed by atoms with Crippen LogP contribution in [0.15, 0.2) is 0 Å². The monoisotopic (exact) mass is 270 g/mol. The molecule has 0 aromatic carbocycles. The van der Waals surface area contributed by atoms with Crippen molar-refractivity contribution in [2.45, 2.75) is 70.2 Å². The van der Waals surface area contributed by atoms with Crippen molar-refractivity contribution in [2.75, 3.05) is 26.3 Å². The molecule has 1 saturated carbocycles. The Labute approximate surface area is 117 Å². The minimum Gasteiger partial charge on any atom is -0.394 e. The van der Waals surface area contributed by atoms with Crippen LogP contribution in [0.5, 0.6) is 0 Å². The molecule has 19 heavy (non-hydrogen) atoms. The van der Waals surface area contributed by atoms with Gasteiger partial charge in [0, 0.05) is 37.3 Å². The summed E-state index contributed by atoms with van der Waals surface area (Å²) in [5, 5.41) is 13.3. The Morgan fingerprint density at radius 3 is 2.84 bits per heavy atom. The summed E-state index contributed by atoms with van der Waals surface area (Å²) in [4.78, 5) is 2.51. The summed E-state index contributed by atoms with van der Waals surface area (Å²) in [6, 6.07) is 1.11. The average Bonchev–Trinajstić information content (AvgIpc) is 3.17. The second-order valence-corrected chi connectivity index (χ2v) is 6.72. The molecule has 0 aromatic heterocycles. The highest BCUT2D eigenvalue weighted by atomic mass is 16.5. The molecule has 1 aliphatic carbocycles. The first-order valence-corrected chi connectivity index (χ1v) is 7.76. The number of aliphatic hydroxyl groups is 1. The van der Waals surface area contributed by atoms with Gasteiger partial charge in [-0.3, -0.25) is 4.90 Å². The molecule has 3 unspecified atom stereocenters. The molecule has 2 N–H and O–H groups in total. The number of aliphatic hydroxyl groups excluding tert-OH is 1. The topological polar surface area (TPSA) is 44.7 Å². The van der Waals surface area contributed by atoms with Gasteiger partial charge < -0.3 is 15.2 Å². The molecule has 0 spiro atoms. The van der Waals surface area contributed by atoms with E-state index in [1.54, 1.807) is 0 Å². The lowest BCUT2D eigenvalue weighted by atomic mass is 9.93. The van der Waals surface area contributed by atoms with E-state index in [1.807, 2.05) is 0 Å². The average molecular weight is 270 g/mol. The summed E-state index contributed by atoms with van der Waals surface area (Å²) < 4.78 is 5.71. The molecular weight excluding hydrogens is 240 g/mol. The first-order valence-electron chi connectivity index (χ1n) is 7.76. The van der Waals surface area contributed by atoms with Crippen molar-refractivity contribution >= 4 is 0 Å². The summed E-state index contributed by atoms with van der Waals surface area (Å²) in [5.74, 6) is 0. The van der Waals surface area contributed by atoms with Gasteiger partial charge in [-0.1, -0.05) is 0 Å². The molecule has 1 heterocycles. The van der Waals surface area contributed by atoms with Crippen molar-refractivity contribution in [3.63, 3.8) is 0 Å². The van der Waals surface area contributed by atoms with E-state index in [9.17, 15) is 5.11 Å². The molecule has 2 rings (SSSR count). The number of nitrogens with one attached hydrogen (secondary N) is 1. The summed E-state index contributed by atoms with van der Waals surface area (Å²) in [6.07, 6.45) is 4.95. The summed E-state index contributed by atoms with van der Waals surface area (Å²) >= 11 is 0. The molecule has 2 fully saturated rings. The van der Waals surface area contributed by atoms with Gasteiger partial charge in [0.05, 0.1) is 12.7 Å². The molecular formula is C15H30N2O2. The zero-order valence-corrected chi connectivity index (χ0v) is 12.7. The normalized spacial score (nSPS) is 30.6. The van der Waals surface area contributed by atoms with Crippen LogP contribution in [0.2, 0.25) is 0 Å². The fraction of sp³-hybridized carbons (Fsp3) is 1.00. The molecule has 112 valence electrons. The number of hydrogen-bond acceptors (Lipinski definition) is 4. The molecule has 0 radical (unpaired) electrons. The lowest BCUT2D eigenvalue weighted by Gasteiger charge is -2.37. The first kappa shape index (κ1) is 15.2. The van der Waals surface area contributed by atoms with Crippen LogP contribution in [0.3, 0.4) is 0 Å². The van der Waals surface area contributed by atoms with E-state index < -0.39 is 0 Å². The van der Waals surface area contributed by atoms with Gasteiger partial charge in [0.15, 0.2) is 0 Å². The maximum atomic E-state index is 9.71. The van der Waals surface area contributed by atoms with E-state index in [1.165, 1.54) is 12.8 Å². The second kappa shape index (κ2) is 6.53. The third-order valence-corrected chi connectivity index (χ3v) is 4.33. The van der Waals surface area contributed by atoms with Gasteiger partial charge in [-0.15, -0.1) is 0 Å². The van der Waals surface area contributed by atoms with Gasteiger partial charge in [0.25, 0.3) is 0 Å². The first-order chi connectivity index (χ1) is 9.02. The van der Waals surface area contributed by atoms with Gasteiger partial charge >= 0.3 is 0 Å². The molecule has 3 atom stereocenters. The highest BCUT2D eigenvalue weighted by Gasteiger charge is 2.34. The van der Waals surface area contributed by atoms with Gasteiger partial charge in [0.2, 0.25) is 0 Å². The standard InChI is InChI=1S/C15H30N2O2/c1-12(17-7-4-8-19-13(2)10-17)9-15(3,11-18)16-14-5-6-14/h12-14,16,18H,4-11H2,1-3H3. The van der Waals surface area contributed by atoms with Crippen LogP contribution in [0.4, 0.5) is 0 Å². The van der Waals surface area contributed by atoms with Crippen LogP contribution in [-0.4, -0.2) is 60.0 Å². The minimum atomic E-state index is -0.142. The zero-order valence-electron chi connectivity index (χ0n) is 12.7. The number of rotatable bonds is 6. The van der Waals surface area contributed by atoms with Crippen LogP contribution in [0.25, 0.3) is 0 Å². The number of hydrogen-bond donors (Lipinski definition) is 2. The summed E-state index contributed by atoms with van der Waals surface area (Å²) in [7, 11) is 0. The predicted molar refractivity (Wildman–Crippen MR) is 77.3 cm³/mol. The van der Waals surface area contributed by atoms with Crippen molar-refractivity contribution in [3.05, 3.63) is 0 Å². The largest absolute Gasteiger partial charge is 0.394 e. The molecule has 0 aromatic rings. The maximum absolute atomic E-state index is 9.71. The summed E-state index contributed by atoms with van der Waals surface area (Å²) in [6.45, 7) is 9.79. The van der Waals surface area contributed by atoms with E-state index in [-0.39, 0.29) is 12.1 Å². The Kier molecular flexibility index (Phi) is 5.23. The van der Waals surface area contributed by atoms with E-state index >= 15 is 0 Å². The number of nitrogens with zero attached hydrogens (tertiary/aromatic N) is 1. The fourth-order valence-corrected chi connectivity index (χ4v) is 3.10. The van der Waals surface area contributed by atoms with Gasteiger partial charge in [-0.2, -0.15) is 0 Å². The Bertz CT molecular complexity index is 283. The molecule has 0 amide bonds. The van der Waals surface area contributed by atoms with Crippen molar-refractivity contribution in [1.82, 2.24) is 10.2 Å².